The maximum Gasteiger partial charge on any atom is 0.410 e. The number of hydrogen-bond acceptors (Lipinski definition) is 2. The fourth-order valence-corrected chi connectivity index (χ4v) is 1.47. The van der Waals surface area contributed by atoms with Crippen LogP contribution in [0.2, 0.25) is 0 Å². The Kier molecular flexibility index (Phi) is 7.18. The molecular weight excluding hydrogens is 190 g/mol. The van der Waals surface area contributed by atoms with Crippen molar-refractivity contribution in [2.75, 3.05) is 13.1 Å². The highest BCUT2D eigenvalue weighted by Crippen LogP contribution is 2.16. The van der Waals surface area contributed by atoms with Gasteiger partial charge < -0.3 is 9.64 Å². The molecule has 0 aromatic carbocycles. The van der Waals surface area contributed by atoms with E-state index in [-0.39, 0.29) is 12.2 Å². The Hall–Kier alpha value is -0.730. The molecular formula is C12H25NO2. The van der Waals surface area contributed by atoms with Crippen LogP contribution in [0.4, 0.5) is 4.79 Å². The highest BCUT2D eigenvalue weighted by Gasteiger charge is 2.21. The van der Waals surface area contributed by atoms with Gasteiger partial charge in [0.15, 0.2) is 0 Å². The van der Waals surface area contributed by atoms with Gasteiger partial charge in [-0.15, -0.1) is 0 Å². The minimum atomic E-state index is -0.151. The molecule has 3 heteroatoms. The lowest BCUT2D eigenvalue weighted by Gasteiger charge is -2.30. The van der Waals surface area contributed by atoms with E-state index in [1.165, 1.54) is 0 Å². The Balaban J connectivity index is 0.000000921. The first-order valence-corrected chi connectivity index (χ1v) is 6.05. The van der Waals surface area contributed by atoms with Gasteiger partial charge in [0.05, 0.1) is 6.10 Å². The normalized spacial score (nSPS) is 17.1. The average molecular weight is 215 g/mol. The topological polar surface area (TPSA) is 29.5 Å². The third-order valence-corrected chi connectivity index (χ3v) is 2.38. The summed E-state index contributed by atoms with van der Waals surface area (Å²) in [6, 6.07) is 0. The summed E-state index contributed by atoms with van der Waals surface area (Å²) in [6.45, 7) is 11.7. The van der Waals surface area contributed by atoms with E-state index in [0.717, 1.165) is 31.8 Å². The number of amides is 1. The first-order valence-electron chi connectivity index (χ1n) is 6.05. The summed E-state index contributed by atoms with van der Waals surface area (Å²) < 4.78 is 5.11. The lowest BCUT2D eigenvalue weighted by atomic mass is 10.00. The summed E-state index contributed by atoms with van der Waals surface area (Å²) in [7, 11) is 0. The average Bonchev–Trinajstić information content (AvgIpc) is 2.20. The molecule has 0 spiro atoms. The largest absolute Gasteiger partial charge is 0.447 e. The van der Waals surface area contributed by atoms with E-state index < -0.39 is 0 Å². The van der Waals surface area contributed by atoms with E-state index in [4.69, 9.17) is 4.74 Å². The number of hydrogen-bond donors (Lipinski definition) is 0. The van der Waals surface area contributed by atoms with Gasteiger partial charge in [0.2, 0.25) is 0 Å². The molecule has 1 aliphatic heterocycles. The van der Waals surface area contributed by atoms with Gasteiger partial charge in [-0.2, -0.15) is 0 Å². The molecule has 0 bridgehead atoms. The number of rotatable bonds is 1. The second-order valence-corrected chi connectivity index (χ2v) is 4.10. The number of nitrogens with zero attached hydrogens (tertiary/aromatic N) is 1. The summed E-state index contributed by atoms with van der Waals surface area (Å²) in [5.41, 5.74) is 0. The van der Waals surface area contributed by atoms with Gasteiger partial charge in [-0.05, 0) is 32.6 Å². The molecule has 1 amide bonds. The van der Waals surface area contributed by atoms with Crippen molar-refractivity contribution in [1.82, 2.24) is 4.90 Å². The van der Waals surface area contributed by atoms with Crippen LogP contribution in [0.3, 0.4) is 0 Å². The van der Waals surface area contributed by atoms with Crippen molar-refractivity contribution >= 4 is 6.09 Å². The lowest BCUT2D eigenvalue weighted by molar-refractivity contribution is 0.0665. The van der Waals surface area contributed by atoms with Crippen molar-refractivity contribution in [3.05, 3.63) is 0 Å². The second-order valence-electron chi connectivity index (χ2n) is 4.10. The van der Waals surface area contributed by atoms with Gasteiger partial charge >= 0.3 is 6.09 Å². The molecule has 0 N–H and O–H groups in total. The Morgan fingerprint density at radius 3 is 2.13 bits per heavy atom. The van der Waals surface area contributed by atoms with Crippen LogP contribution >= 0.6 is 0 Å². The maximum atomic E-state index is 11.4. The van der Waals surface area contributed by atoms with Gasteiger partial charge in [-0.25, -0.2) is 4.79 Å². The molecule has 0 radical (unpaired) electrons. The van der Waals surface area contributed by atoms with Crippen LogP contribution in [0.5, 0.6) is 0 Å². The van der Waals surface area contributed by atoms with E-state index in [9.17, 15) is 4.79 Å². The van der Waals surface area contributed by atoms with E-state index in [0.29, 0.717) is 0 Å². The number of carbonyl (C=O) groups excluding carboxylic acids is 1. The van der Waals surface area contributed by atoms with Crippen LogP contribution in [-0.2, 0) is 4.74 Å². The molecule has 0 aromatic heterocycles. The number of ether oxygens (including phenoxy) is 1. The van der Waals surface area contributed by atoms with Crippen LogP contribution in [0.1, 0.15) is 47.5 Å². The summed E-state index contributed by atoms with van der Waals surface area (Å²) in [5, 5.41) is 0. The Morgan fingerprint density at radius 2 is 1.73 bits per heavy atom. The van der Waals surface area contributed by atoms with Gasteiger partial charge in [-0.1, -0.05) is 20.8 Å². The molecule has 0 saturated carbocycles. The zero-order chi connectivity index (χ0) is 11.8. The quantitative estimate of drug-likeness (QED) is 0.671. The van der Waals surface area contributed by atoms with Crippen molar-refractivity contribution in [3.8, 4) is 0 Å². The minimum absolute atomic E-state index is 0.00755. The zero-order valence-electron chi connectivity index (χ0n) is 10.7. The SMILES string of the molecule is CC.CC1CCN(C(=O)OC(C)C)CC1. The van der Waals surface area contributed by atoms with Gasteiger partial charge in [0.1, 0.15) is 0 Å². The summed E-state index contributed by atoms with van der Waals surface area (Å²) in [4.78, 5) is 13.2. The number of likely N-dealkylation sites (tertiary alicyclic amines) is 1. The molecule has 90 valence electrons. The number of carbonyl (C=O) groups is 1. The van der Waals surface area contributed by atoms with Gasteiger partial charge in [-0.3, -0.25) is 0 Å². The predicted octanol–water partition coefficient (Wildman–Crippen LogP) is 3.29. The number of piperidine rings is 1. The molecule has 1 fully saturated rings. The minimum Gasteiger partial charge on any atom is -0.447 e. The molecule has 0 aliphatic carbocycles. The molecule has 1 saturated heterocycles. The van der Waals surface area contributed by atoms with Gasteiger partial charge in [0, 0.05) is 13.1 Å². The Labute approximate surface area is 93.8 Å². The first-order chi connectivity index (χ1) is 7.09. The lowest BCUT2D eigenvalue weighted by Crippen LogP contribution is -2.39. The molecule has 1 aliphatic rings. The second kappa shape index (κ2) is 7.55. The zero-order valence-corrected chi connectivity index (χ0v) is 10.7. The Bertz CT molecular complexity index is 172. The third-order valence-electron chi connectivity index (χ3n) is 2.38. The van der Waals surface area contributed by atoms with E-state index in [1.54, 1.807) is 4.90 Å². The smallest absolute Gasteiger partial charge is 0.410 e. The summed E-state index contributed by atoms with van der Waals surface area (Å²) in [5.74, 6) is 0.753. The fourth-order valence-electron chi connectivity index (χ4n) is 1.47. The van der Waals surface area contributed by atoms with Crippen LogP contribution in [0, 0.1) is 5.92 Å². The van der Waals surface area contributed by atoms with Crippen molar-refractivity contribution in [3.63, 3.8) is 0 Å². The van der Waals surface area contributed by atoms with Crippen LogP contribution in [0.15, 0.2) is 0 Å². The fraction of sp³-hybridized carbons (Fsp3) is 0.917. The third kappa shape index (κ3) is 5.65. The molecule has 3 nitrogen and oxygen atoms in total. The first kappa shape index (κ1) is 14.3. The Morgan fingerprint density at radius 1 is 1.27 bits per heavy atom. The van der Waals surface area contributed by atoms with Crippen LogP contribution < -0.4 is 0 Å². The van der Waals surface area contributed by atoms with E-state index >= 15 is 0 Å². The molecule has 1 heterocycles. The maximum absolute atomic E-state index is 11.4. The standard InChI is InChI=1S/C10H19NO2.C2H6/c1-8(2)13-10(12)11-6-4-9(3)5-7-11;1-2/h8-9H,4-7H2,1-3H3;1-2H3. The van der Waals surface area contributed by atoms with Crippen LogP contribution in [-0.4, -0.2) is 30.2 Å². The molecule has 15 heavy (non-hydrogen) atoms. The highest BCUT2D eigenvalue weighted by atomic mass is 16.6. The van der Waals surface area contributed by atoms with E-state index in [1.807, 2.05) is 27.7 Å². The summed E-state index contributed by atoms with van der Waals surface area (Å²) in [6.07, 6.45) is 2.05. The van der Waals surface area contributed by atoms with E-state index in [2.05, 4.69) is 6.92 Å². The van der Waals surface area contributed by atoms with Crippen molar-refractivity contribution in [2.45, 2.75) is 53.6 Å². The van der Waals surface area contributed by atoms with Gasteiger partial charge in [0.25, 0.3) is 0 Å². The summed E-state index contributed by atoms with van der Waals surface area (Å²) >= 11 is 0. The predicted molar refractivity (Wildman–Crippen MR) is 62.9 cm³/mol. The molecule has 0 aromatic rings. The molecule has 0 atom stereocenters. The van der Waals surface area contributed by atoms with Crippen LogP contribution in [0.25, 0.3) is 0 Å². The monoisotopic (exact) mass is 215 g/mol. The molecule has 1 rings (SSSR count). The highest BCUT2D eigenvalue weighted by molar-refractivity contribution is 5.67. The molecule has 0 unspecified atom stereocenters. The van der Waals surface area contributed by atoms with Crippen molar-refractivity contribution < 1.29 is 9.53 Å². The van der Waals surface area contributed by atoms with Crippen molar-refractivity contribution in [2.24, 2.45) is 5.92 Å². The van der Waals surface area contributed by atoms with Crippen molar-refractivity contribution in [1.29, 1.82) is 0 Å².